The van der Waals surface area contributed by atoms with Crippen LogP contribution in [-0.4, -0.2) is 203 Å². The van der Waals surface area contributed by atoms with Gasteiger partial charge in [0.1, 0.15) is 42.7 Å². The summed E-state index contributed by atoms with van der Waals surface area (Å²) in [6, 6.07) is 14.4. The van der Waals surface area contributed by atoms with Crippen molar-refractivity contribution in [3.8, 4) is 11.1 Å². The zero-order valence-corrected chi connectivity index (χ0v) is 42.8. The summed E-state index contributed by atoms with van der Waals surface area (Å²) in [5.41, 5.74) is 32.9. The molecule has 26 heteroatoms. The van der Waals surface area contributed by atoms with Crippen molar-refractivity contribution in [3.63, 3.8) is 0 Å². The number of hydrogen-bond donors (Lipinski definition) is 18. The number of anilines is 2. The monoisotopic (exact) mass is 1080 g/mol. The number of rotatable bonds is 35. The number of nitrogens with two attached hydrogens (primary N) is 5. The van der Waals surface area contributed by atoms with Crippen LogP contribution in [0.4, 0.5) is 11.6 Å². The van der Waals surface area contributed by atoms with Crippen molar-refractivity contribution in [3.05, 3.63) is 70.5 Å². The minimum Gasteiger partial charge on any atom is -0.394 e. The molecule has 1 aromatic heterocycles. The van der Waals surface area contributed by atoms with E-state index >= 15 is 0 Å². The fourth-order valence-electron chi connectivity index (χ4n) is 7.82. The lowest BCUT2D eigenvalue weighted by atomic mass is 9.99. The van der Waals surface area contributed by atoms with Crippen LogP contribution in [0.25, 0.3) is 11.1 Å². The van der Waals surface area contributed by atoms with Crippen molar-refractivity contribution in [2.24, 2.45) is 22.2 Å². The van der Waals surface area contributed by atoms with Gasteiger partial charge in [-0.3, -0.25) is 29.6 Å². The van der Waals surface area contributed by atoms with E-state index in [0.29, 0.717) is 51.7 Å². The standard InChI is InChI=1S/C49H79ClN12O13/c50-43-45(54)60-44(53)38(59-43)48(75)61-49(55)57-21-5-2-8-28-12-16-30(17-13-28)31-18-14-29(15-19-31)9-7-22-56-47(74)33(58-46(73)32(52)10-1-4-20-51)11-3-6-23-62(24-34(65)39(69)41(71)36(67)26-63)25-35(66)40(70)42(72)37(68)27-64/h12-19,32-37,39-42,63-72H,1-11,20-27,51-52H2,(H,56,74)(H,58,73)(H4,53,54,60)(H3,55,57,61,75)/t32-,33-,34-,35-,36+,37+,39+,40+,41+,42+/m0/s1. The zero-order valence-electron chi connectivity index (χ0n) is 42.1. The smallest absolute Gasteiger partial charge is 0.280 e. The summed E-state index contributed by atoms with van der Waals surface area (Å²) in [4.78, 5) is 52.4. The number of carbonyl (C=O) groups excluding carboxylic acids is 3. The third kappa shape index (κ3) is 22.1. The van der Waals surface area contributed by atoms with Crippen LogP contribution < -0.4 is 44.6 Å². The van der Waals surface area contributed by atoms with Crippen molar-refractivity contribution in [1.29, 1.82) is 0 Å². The molecule has 0 saturated carbocycles. The molecule has 0 aliphatic carbocycles. The molecule has 0 spiro atoms. The van der Waals surface area contributed by atoms with Crippen LogP contribution in [0.2, 0.25) is 5.15 Å². The van der Waals surface area contributed by atoms with Crippen LogP contribution in [0.15, 0.2) is 53.5 Å². The molecule has 3 aromatic rings. The van der Waals surface area contributed by atoms with Gasteiger partial charge in [-0.1, -0.05) is 66.6 Å². The predicted octanol–water partition coefficient (Wildman–Crippen LogP) is -3.64. The second-order valence-electron chi connectivity index (χ2n) is 18.4. The average Bonchev–Trinajstić information content (AvgIpc) is 3.40. The SMILES string of the molecule is NCCCC[C@H](N)C(=O)N[C@@H](CCCCN(C[C@H](O)[C@@H](O)[C@H](O)[C@H](O)CO)C[C@H](O)[C@@H](O)[C@H](O)[C@H](O)CO)C(=O)NCCCc1ccc(-c2ccc(CCCCN=C(N)NC(=O)c3nc(Cl)c(N)nc3N)cc2)cc1. The fraction of sp³-hybridized carbons (Fsp3) is 0.592. The Balaban J connectivity index is 1.54. The number of aryl methyl sites for hydroxylation is 2. The summed E-state index contributed by atoms with van der Waals surface area (Å²) in [6.45, 7) is -1.57. The number of aromatic nitrogens is 2. The highest BCUT2D eigenvalue weighted by Gasteiger charge is 2.34. The van der Waals surface area contributed by atoms with Crippen molar-refractivity contribution >= 4 is 46.9 Å². The van der Waals surface area contributed by atoms with Gasteiger partial charge in [-0.05, 0) is 99.6 Å². The van der Waals surface area contributed by atoms with E-state index in [1.54, 1.807) is 0 Å². The number of carbonyl (C=O) groups is 3. The quantitative estimate of drug-likeness (QED) is 0.0153. The number of benzene rings is 2. The topological polar surface area (TPSA) is 461 Å². The number of aliphatic hydroxyl groups is 10. The van der Waals surface area contributed by atoms with E-state index in [4.69, 9.17) is 40.3 Å². The highest BCUT2D eigenvalue weighted by molar-refractivity contribution is 6.31. The Kier molecular flexibility index (Phi) is 28.8. The van der Waals surface area contributed by atoms with Gasteiger partial charge in [-0.2, -0.15) is 0 Å². The van der Waals surface area contributed by atoms with Crippen LogP contribution in [0.1, 0.15) is 79.4 Å². The maximum Gasteiger partial charge on any atom is 0.280 e. The molecule has 2 aromatic carbocycles. The third-order valence-electron chi connectivity index (χ3n) is 12.4. The number of guanidine groups is 1. The highest BCUT2D eigenvalue weighted by atomic mass is 35.5. The first-order valence-corrected chi connectivity index (χ1v) is 25.4. The van der Waals surface area contributed by atoms with Gasteiger partial charge in [0, 0.05) is 26.2 Å². The molecule has 3 rings (SSSR count). The second kappa shape index (κ2) is 33.7. The van der Waals surface area contributed by atoms with Gasteiger partial charge in [0.15, 0.2) is 28.4 Å². The zero-order chi connectivity index (χ0) is 55.6. The van der Waals surface area contributed by atoms with Gasteiger partial charge in [0.25, 0.3) is 5.91 Å². The molecular weight excluding hydrogens is 1000 g/mol. The largest absolute Gasteiger partial charge is 0.394 e. The van der Waals surface area contributed by atoms with Crippen molar-refractivity contribution < 1.29 is 65.4 Å². The number of hydrogen-bond acceptors (Lipinski definition) is 21. The maximum absolute atomic E-state index is 13.6. The molecule has 0 saturated heterocycles. The molecule has 10 atom stereocenters. The van der Waals surface area contributed by atoms with Gasteiger partial charge in [0.05, 0.1) is 31.5 Å². The van der Waals surface area contributed by atoms with E-state index in [1.807, 2.05) is 24.3 Å². The first-order valence-electron chi connectivity index (χ1n) is 25.0. The second-order valence-corrected chi connectivity index (χ2v) is 18.8. The Labute approximate surface area is 441 Å². The Morgan fingerprint density at radius 1 is 0.653 bits per heavy atom. The van der Waals surface area contributed by atoms with Crippen LogP contribution >= 0.6 is 11.6 Å². The molecule has 0 fully saturated rings. The van der Waals surface area contributed by atoms with E-state index in [1.165, 1.54) is 4.90 Å². The number of nitrogens with one attached hydrogen (secondary N) is 3. The van der Waals surface area contributed by atoms with E-state index in [0.717, 1.165) is 41.5 Å². The molecule has 0 unspecified atom stereocenters. The molecule has 1 heterocycles. The number of nitrogen functional groups attached to an aromatic ring is 2. The van der Waals surface area contributed by atoms with Gasteiger partial charge in [-0.15, -0.1) is 0 Å². The minimum absolute atomic E-state index is 0.0358. The molecule has 0 aliphatic heterocycles. The van der Waals surface area contributed by atoms with Gasteiger partial charge in [-0.25, -0.2) is 9.97 Å². The maximum atomic E-state index is 13.6. The molecule has 0 radical (unpaired) electrons. The number of aliphatic imine (C=N–C) groups is 1. The molecular formula is C49H79ClN12O13. The number of halogens is 1. The van der Waals surface area contributed by atoms with E-state index < -0.39 is 105 Å². The summed E-state index contributed by atoms with van der Waals surface area (Å²) in [7, 11) is 0. The van der Waals surface area contributed by atoms with Gasteiger partial charge >= 0.3 is 0 Å². The number of amides is 3. The lowest BCUT2D eigenvalue weighted by molar-refractivity contribution is -0.130. The van der Waals surface area contributed by atoms with Crippen LogP contribution in [0.5, 0.6) is 0 Å². The molecule has 0 bridgehead atoms. The average molecular weight is 1080 g/mol. The molecule has 3 amide bonds. The number of aliphatic hydroxyl groups excluding tert-OH is 10. The Bertz CT molecular complexity index is 2170. The first kappa shape index (κ1) is 64.1. The molecule has 420 valence electrons. The van der Waals surface area contributed by atoms with Crippen molar-refractivity contribution in [1.82, 2.24) is 30.8 Å². The number of nitrogens with zero attached hydrogens (tertiary/aromatic N) is 4. The van der Waals surface area contributed by atoms with E-state index in [2.05, 4.69) is 55.2 Å². The lowest BCUT2D eigenvalue weighted by Crippen LogP contribution is -2.53. The number of unbranched alkanes of at least 4 members (excludes halogenated alkanes) is 3. The molecule has 25 nitrogen and oxygen atoms in total. The highest BCUT2D eigenvalue weighted by Crippen LogP contribution is 2.22. The van der Waals surface area contributed by atoms with Gasteiger partial charge in [0.2, 0.25) is 11.8 Å². The van der Waals surface area contributed by atoms with Crippen molar-refractivity contribution in [2.75, 3.05) is 63.9 Å². The summed E-state index contributed by atoms with van der Waals surface area (Å²) in [6.07, 6.45) is -8.94. The Morgan fingerprint density at radius 3 is 1.71 bits per heavy atom. The van der Waals surface area contributed by atoms with Gasteiger partial charge < -0.3 is 90.4 Å². The summed E-state index contributed by atoms with van der Waals surface area (Å²) in [5.74, 6) is -2.06. The summed E-state index contributed by atoms with van der Waals surface area (Å²) >= 11 is 5.85. The van der Waals surface area contributed by atoms with Crippen LogP contribution in [0.3, 0.4) is 0 Å². The minimum atomic E-state index is -1.95. The Hall–Kier alpha value is -5.23. The molecule has 75 heavy (non-hydrogen) atoms. The normalized spacial score (nSPS) is 16.0. The van der Waals surface area contributed by atoms with E-state index in [9.17, 15) is 65.4 Å². The first-order chi connectivity index (χ1) is 35.7. The van der Waals surface area contributed by atoms with Crippen LogP contribution in [0, 0.1) is 0 Å². The fourth-order valence-corrected chi connectivity index (χ4v) is 7.95. The molecule has 23 N–H and O–H groups in total. The predicted molar refractivity (Wildman–Crippen MR) is 281 cm³/mol. The third-order valence-corrected chi connectivity index (χ3v) is 12.7. The summed E-state index contributed by atoms with van der Waals surface area (Å²) in [5, 5.41) is 108. The van der Waals surface area contributed by atoms with E-state index in [-0.39, 0.29) is 54.2 Å². The lowest BCUT2D eigenvalue weighted by Gasteiger charge is -2.33. The Morgan fingerprint density at radius 2 is 1.17 bits per heavy atom. The molecule has 0 aliphatic rings. The van der Waals surface area contributed by atoms with Crippen molar-refractivity contribution in [2.45, 2.75) is 132 Å². The summed E-state index contributed by atoms with van der Waals surface area (Å²) < 4.78 is 0. The van der Waals surface area contributed by atoms with Crippen LogP contribution in [-0.2, 0) is 22.4 Å².